The Kier molecular flexibility index (Phi) is 49.2. The Hall–Kier alpha value is -3.07. The van der Waals surface area contributed by atoms with Crippen LogP contribution >= 0.6 is 7.82 Å². The van der Waals surface area contributed by atoms with Crippen LogP contribution in [0.2, 0.25) is 0 Å². The maximum absolute atomic E-state index is 13.5. The van der Waals surface area contributed by atoms with Gasteiger partial charge in [-0.25, -0.2) is 4.57 Å². The van der Waals surface area contributed by atoms with Gasteiger partial charge in [-0.1, -0.05) is 221 Å². The van der Waals surface area contributed by atoms with Crippen LogP contribution in [-0.4, -0.2) is 74.3 Å². The van der Waals surface area contributed by atoms with Crippen molar-refractivity contribution in [2.75, 3.05) is 40.9 Å². The van der Waals surface area contributed by atoms with Crippen molar-refractivity contribution in [1.29, 1.82) is 0 Å². The minimum absolute atomic E-state index is 0.0240. The Morgan fingerprint density at radius 3 is 1.36 bits per heavy atom. The summed E-state index contributed by atoms with van der Waals surface area (Å²) in [4.78, 5) is 37.5. The lowest BCUT2D eigenvalue weighted by Gasteiger charge is -2.27. The largest absolute Gasteiger partial charge is 0.472 e. The SMILES string of the molecule is CC/C=C\C/C=C\C/C=C\C/C=C\C/C=C\CCCCCCCC(=O)NC(COP(=O)(O)OCC[N+](C)(C)C)C(/C=C\CCCCCCCCCCCC)OC(=O)CC/C=C/C/C=C\CCCCCCCC. The normalized spacial score (nSPS) is 14.5. The number of nitrogens with zero attached hydrogens (tertiary/aromatic N) is 1. The highest BCUT2D eigenvalue weighted by molar-refractivity contribution is 7.47. The summed E-state index contributed by atoms with van der Waals surface area (Å²) in [5.74, 6) is -0.611. The van der Waals surface area contributed by atoms with Gasteiger partial charge in [-0.2, -0.15) is 0 Å². The number of unbranched alkanes of at least 4 members (excludes halogenated alkanes) is 21. The van der Waals surface area contributed by atoms with E-state index >= 15 is 0 Å². The summed E-state index contributed by atoms with van der Waals surface area (Å²) in [6, 6.07) is -0.885. The van der Waals surface area contributed by atoms with Gasteiger partial charge in [0.05, 0.1) is 33.8 Å². The summed E-state index contributed by atoms with van der Waals surface area (Å²) in [5, 5.41) is 3.02. The highest BCUT2D eigenvalue weighted by atomic mass is 31.2. The summed E-state index contributed by atoms with van der Waals surface area (Å²) in [5.41, 5.74) is 0. The molecule has 414 valence electrons. The van der Waals surface area contributed by atoms with Crippen LogP contribution in [-0.2, 0) is 27.9 Å². The predicted octanol–water partition coefficient (Wildman–Crippen LogP) is 17.6. The van der Waals surface area contributed by atoms with E-state index < -0.39 is 25.9 Å². The fourth-order valence-electron chi connectivity index (χ4n) is 7.78. The molecule has 3 atom stereocenters. The molecule has 3 unspecified atom stereocenters. The Bertz CT molecular complexity index is 1560. The number of ether oxygens (including phenoxy) is 1. The van der Waals surface area contributed by atoms with Crippen molar-refractivity contribution in [3.8, 4) is 0 Å². The van der Waals surface area contributed by atoms with Crippen molar-refractivity contribution < 1.29 is 37.3 Å². The molecule has 72 heavy (non-hydrogen) atoms. The van der Waals surface area contributed by atoms with E-state index in [-0.39, 0.29) is 25.5 Å². The molecule has 0 aliphatic carbocycles. The summed E-state index contributed by atoms with van der Waals surface area (Å²) < 4.78 is 30.5. The molecule has 0 aliphatic rings. The average molecular weight is 1030 g/mol. The van der Waals surface area contributed by atoms with Crippen LogP contribution in [0.3, 0.4) is 0 Å². The Balaban J connectivity index is 5.39. The van der Waals surface area contributed by atoms with Crippen LogP contribution in [0, 0.1) is 0 Å². The quantitative estimate of drug-likeness (QED) is 0.0205. The van der Waals surface area contributed by atoms with E-state index in [4.69, 9.17) is 13.8 Å². The average Bonchev–Trinajstić information content (AvgIpc) is 3.34. The van der Waals surface area contributed by atoms with Gasteiger partial charge >= 0.3 is 13.8 Å². The zero-order chi connectivity index (χ0) is 52.9. The minimum Gasteiger partial charge on any atom is -0.456 e. The molecule has 0 fully saturated rings. The van der Waals surface area contributed by atoms with Crippen molar-refractivity contribution in [1.82, 2.24) is 5.32 Å². The number of hydrogen-bond donors (Lipinski definition) is 2. The van der Waals surface area contributed by atoms with E-state index in [2.05, 4.69) is 105 Å². The number of carbonyl (C=O) groups excluding carboxylic acids is 2. The maximum atomic E-state index is 13.5. The van der Waals surface area contributed by atoms with E-state index in [1.165, 1.54) is 89.9 Å². The Morgan fingerprint density at radius 2 is 0.903 bits per heavy atom. The summed E-state index contributed by atoms with van der Waals surface area (Å²) in [7, 11) is 1.44. The molecular formula is C62H110N2O7P+. The number of amides is 1. The molecule has 1 amide bonds. The number of phosphoric ester groups is 1. The molecule has 0 aromatic heterocycles. The van der Waals surface area contributed by atoms with Crippen LogP contribution in [0.5, 0.6) is 0 Å². The zero-order valence-electron chi connectivity index (χ0n) is 47.1. The fourth-order valence-corrected chi connectivity index (χ4v) is 8.52. The van der Waals surface area contributed by atoms with Crippen molar-refractivity contribution in [3.05, 3.63) is 97.2 Å². The van der Waals surface area contributed by atoms with Crippen LogP contribution in [0.25, 0.3) is 0 Å². The van der Waals surface area contributed by atoms with Crippen LogP contribution in [0.4, 0.5) is 0 Å². The number of allylic oxidation sites excluding steroid dienone is 15. The molecule has 0 radical (unpaired) electrons. The van der Waals surface area contributed by atoms with Gasteiger partial charge in [-0.3, -0.25) is 18.6 Å². The summed E-state index contributed by atoms with van der Waals surface area (Å²) >= 11 is 0. The minimum atomic E-state index is -4.47. The molecule has 0 heterocycles. The fraction of sp³-hybridized carbons (Fsp3) is 0.710. The lowest BCUT2D eigenvalue weighted by molar-refractivity contribution is -0.870. The predicted molar refractivity (Wildman–Crippen MR) is 309 cm³/mol. The van der Waals surface area contributed by atoms with Gasteiger partial charge in [0.15, 0.2) is 0 Å². The van der Waals surface area contributed by atoms with E-state index in [0.717, 1.165) is 96.3 Å². The topological polar surface area (TPSA) is 111 Å². The lowest BCUT2D eigenvalue weighted by Crippen LogP contribution is -2.47. The van der Waals surface area contributed by atoms with Crippen molar-refractivity contribution in [2.45, 2.75) is 245 Å². The van der Waals surface area contributed by atoms with Crippen LogP contribution < -0.4 is 5.32 Å². The van der Waals surface area contributed by atoms with Gasteiger partial charge in [0.1, 0.15) is 19.3 Å². The number of quaternary nitrogens is 1. The molecule has 0 saturated heterocycles. The summed E-state index contributed by atoms with van der Waals surface area (Å²) in [6.45, 7) is 6.82. The number of carbonyl (C=O) groups is 2. The zero-order valence-corrected chi connectivity index (χ0v) is 48.0. The van der Waals surface area contributed by atoms with Crippen LogP contribution in [0.15, 0.2) is 97.2 Å². The number of rotatable bonds is 51. The van der Waals surface area contributed by atoms with Gasteiger partial charge in [0, 0.05) is 12.8 Å². The highest BCUT2D eigenvalue weighted by Gasteiger charge is 2.30. The molecule has 0 bridgehead atoms. The van der Waals surface area contributed by atoms with E-state index in [1.54, 1.807) is 0 Å². The highest BCUT2D eigenvalue weighted by Crippen LogP contribution is 2.43. The van der Waals surface area contributed by atoms with Gasteiger partial charge in [-0.05, 0) is 96.0 Å². The molecule has 0 rings (SSSR count). The third kappa shape index (κ3) is 51.8. The molecular weight excluding hydrogens is 916 g/mol. The van der Waals surface area contributed by atoms with Crippen molar-refractivity contribution >= 4 is 19.7 Å². The second-order valence-corrected chi connectivity index (χ2v) is 21.9. The third-order valence-electron chi connectivity index (χ3n) is 12.3. The maximum Gasteiger partial charge on any atom is 0.472 e. The standard InChI is InChI=1S/C62H109N2O7P/c1-7-10-13-16-19-22-25-28-29-30-31-32-33-34-35-37-39-42-45-48-51-54-61(65)63-59(58-70-72(67,68)69-57-56-64(4,5)6)60(53-50-47-44-41-38-27-24-21-18-15-12-9-3)71-62(66)55-52-49-46-43-40-36-26-23-20-17-14-11-8-2/h10,13,19,22,28-29,31-32,34-36,40,46,49-50,53,59-60H,7-9,11-12,14-18,20-21,23-27,30,33,37-39,41-45,47-48,51-52,54-58H2,1-6H3,(H-,63,65,67,68)/p+1/b13-10-,22-19-,29-28-,32-31-,35-34-,40-36-,49-46+,53-50-. The van der Waals surface area contributed by atoms with E-state index in [0.29, 0.717) is 30.3 Å². The van der Waals surface area contributed by atoms with Crippen LogP contribution in [0.1, 0.15) is 233 Å². The van der Waals surface area contributed by atoms with Gasteiger partial charge in [0.2, 0.25) is 5.91 Å². The van der Waals surface area contributed by atoms with Gasteiger partial charge < -0.3 is 19.4 Å². The Labute approximate surface area is 443 Å². The first kappa shape index (κ1) is 68.9. The molecule has 0 aliphatic heterocycles. The first-order valence-corrected chi connectivity index (χ1v) is 30.6. The first-order chi connectivity index (χ1) is 34.9. The molecule has 0 aromatic carbocycles. The number of esters is 1. The molecule has 2 N–H and O–H groups in total. The number of nitrogens with one attached hydrogen (secondary N) is 1. The number of phosphoric acid groups is 1. The smallest absolute Gasteiger partial charge is 0.456 e. The second kappa shape index (κ2) is 51.4. The second-order valence-electron chi connectivity index (χ2n) is 20.4. The Morgan fingerprint density at radius 1 is 0.500 bits per heavy atom. The molecule has 9 nitrogen and oxygen atoms in total. The molecule has 0 aromatic rings. The number of hydrogen-bond acceptors (Lipinski definition) is 6. The lowest BCUT2D eigenvalue weighted by atomic mass is 10.0. The van der Waals surface area contributed by atoms with Gasteiger partial charge in [0.25, 0.3) is 0 Å². The number of likely N-dealkylation sites (N-methyl/N-ethyl adjacent to an activating group) is 1. The molecule has 10 heteroatoms. The van der Waals surface area contributed by atoms with E-state index in [9.17, 15) is 19.0 Å². The van der Waals surface area contributed by atoms with Crippen molar-refractivity contribution in [2.24, 2.45) is 0 Å². The van der Waals surface area contributed by atoms with E-state index in [1.807, 2.05) is 39.4 Å². The third-order valence-corrected chi connectivity index (χ3v) is 13.3. The molecule has 0 spiro atoms. The first-order valence-electron chi connectivity index (χ1n) is 29.1. The van der Waals surface area contributed by atoms with Gasteiger partial charge in [-0.15, -0.1) is 0 Å². The monoisotopic (exact) mass is 1030 g/mol. The molecule has 0 saturated carbocycles. The summed E-state index contributed by atoms with van der Waals surface area (Å²) in [6.07, 6.45) is 68.5. The van der Waals surface area contributed by atoms with Crippen molar-refractivity contribution in [3.63, 3.8) is 0 Å².